The third kappa shape index (κ3) is 3.51. The maximum Gasteiger partial charge on any atom is 0.296 e. The van der Waals surface area contributed by atoms with Crippen molar-refractivity contribution < 1.29 is 17.3 Å². The molecule has 1 aromatic rings. The Kier molecular flexibility index (Phi) is 4.19. The standard InChI is InChI=1S/C11H13BrO4S/c12-10-1-3-11(4-2-10)17(13,14)16-8-9-5-6-15-7-9/h1-4,9H,5-8H2/t9-/m1/s1. The van der Waals surface area contributed by atoms with Gasteiger partial charge >= 0.3 is 0 Å². The van der Waals surface area contributed by atoms with Gasteiger partial charge in [0.05, 0.1) is 18.1 Å². The van der Waals surface area contributed by atoms with Crippen molar-refractivity contribution in [1.29, 1.82) is 0 Å². The Morgan fingerprint density at radius 1 is 1.35 bits per heavy atom. The first-order valence-corrected chi connectivity index (χ1v) is 7.51. The van der Waals surface area contributed by atoms with Crippen molar-refractivity contribution >= 4 is 26.0 Å². The molecular formula is C11H13BrO4S. The molecule has 0 N–H and O–H groups in total. The molecule has 1 aliphatic rings. The molecule has 0 spiro atoms. The molecule has 0 aromatic heterocycles. The van der Waals surface area contributed by atoms with Crippen molar-refractivity contribution in [2.75, 3.05) is 19.8 Å². The van der Waals surface area contributed by atoms with Crippen LogP contribution in [0.4, 0.5) is 0 Å². The molecule has 1 saturated heterocycles. The molecule has 0 radical (unpaired) electrons. The Balaban J connectivity index is 2.00. The molecule has 6 heteroatoms. The van der Waals surface area contributed by atoms with Crippen LogP contribution in [0.3, 0.4) is 0 Å². The molecule has 0 aliphatic carbocycles. The fourth-order valence-corrected chi connectivity index (χ4v) is 2.81. The second kappa shape index (κ2) is 5.48. The lowest BCUT2D eigenvalue weighted by Gasteiger charge is -2.09. The molecule has 1 atom stereocenters. The van der Waals surface area contributed by atoms with Gasteiger partial charge in [0.2, 0.25) is 0 Å². The highest BCUT2D eigenvalue weighted by atomic mass is 79.9. The van der Waals surface area contributed by atoms with E-state index in [0.717, 1.165) is 10.9 Å². The van der Waals surface area contributed by atoms with E-state index < -0.39 is 10.1 Å². The second-order valence-corrected chi connectivity index (χ2v) is 6.45. The summed E-state index contributed by atoms with van der Waals surface area (Å²) in [6.07, 6.45) is 0.857. The van der Waals surface area contributed by atoms with Gasteiger partial charge < -0.3 is 4.74 Å². The first kappa shape index (κ1) is 13.0. The highest BCUT2D eigenvalue weighted by molar-refractivity contribution is 9.10. The van der Waals surface area contributed by atoms with Gasteiger partial charge in [0.25, 0.3) is 10.1 Å². The van der Waals surface area contributed by atoms with Gasteiger partial charge in [0, 0.05) is 17.0 Å². The Bertz CT molecular complexity index is 463. The Hall–Kier alpha value is -0.430. The zero-order valence-electron chi connectivity index (χ0n) is 9.13. The van der Waals surface area contributed by atoms with Crippen LogP contribution in [0.5, 0.6) is 0 Å². The van der Waals surface area contributed by atoms with E-state index in [4.69, 9.17) is 8.92 Å². The molecule has 1 fully saturated rings. The van der Waals surface area contributed by atoms with Gasteiger partial charge in [0.15, 0.2) is 0 Å². The van der Waals surface area contributed by atoms with Crippen molar-refractivity contribution in [1.82, 2.24) is 0 Å². The third-order valence-electron chi connectivity index (χ3n) is 2.59. The van der Waals surface area contributed by atoms with Crippen molar-refractivity contribution in [2.45, 2.75) is 11.3 Å². The summed E-state index contributed by atoms with van der Waals surface area (Å²) in [7, 11) is -3.64. The Morgan fingerprint density at radius 2 is 2.06 bits per heavy atom. The normalized spacial score (nSPS) is 20.6. The number of benzene rings is 1. The summed E-state index contributed by atoms with van der Waals surface area (Å²) in [6.45, 7) is 1.46. The lowest BCUT2D eigenvalue weighted by Crippen LogP contribution is -2.14. The fourth-order valence-electron chi connectivity index (χ4n) is 1.57. The van der Waals surface area contributed by atoms with Crippen molar-refractivity contribution in [3.05, 3.63) is 28.7 Å². The summed E-state index contributed by atoms with van der Waals surface area (Å²) in [6, 6.07) is 6.39. The maximum atomic E-state index is 11.8. The average Bonchev–Trinajstić information content (AvgIpc) is 2.80. The molecule has 2 rings (SSSR count). The fraction of sp³-hybridized carbons (Fsp3) is 0.455. The van der Waals surface area contributed by atoms with E-state index in [-0.39, 0.29) is 17.4 Å². The molecule has 17 heavy (non-hydrogen) atoms. The van der Waals surface area contributed by atoms with Gasteiger partial charge in [-0.05, 0) is 30.7 Å². The van der Waals surface area contributed by atoms with Crippen LogP contribution in [0.25, 0.3) is 0 Å². The van der Waals surface area contributed by atoms with Crippen LogP contribution in [-0.2, 0) is 19.0 Å². The van der Waals surface area contributed by atoms with Crippen LogP contribution < -0.4 is 0 Å². The second-order valence-electron chi connectivity index (χ2n) is 3.92. The van der Waals surface area contributed by atoms with Crippen molar-refractivity contribution in [3.63, 3.8) is 0 Å². The summed E-state index contributed by atoms with van der Waals surface area (Å²) in [5, 5.41) is 0. The quantitative estimate of drug-likeness (QED) is 0.798. The molecule has 1 aliphatic heterocycles. The maximum absolute atomic E-state index is 11.8. The lowest BCUT2D eigenvalue weighted by molar-refractivity contribution is 0.168. The molecule has 0 bridgehead atoms. The molecule has 4 nitrogen and oxygen atoms in total. The van der Waals surface area contributed by atoms with Crippen LogP contribution in [0.1, 0.15) is 6.42 Å². The largest absolute Gasteiger partial charge is 0.381 e. The van der Waals surface area contributed by atoms with E-state index in [2.05, 4.69) is 15.9 Å². The number of hydrogen-bond acceptors (Lipinski definition) is 4. The first-order chi connectivity index (χ1) is 8.08. The number of halogens is 1. The summed E-state index contributed by atoms with van der Waals surface area (Å²) >= 11 is 3.25. The number of hydrogen-bond donors (Lipinski definition) is 0. The van der Waals surface area contributed by atoms with E-state index in [0.29, 0.717) is 13.2 Å². The van der Waals surface area contributed by atoms with E-state index in [1.165, 1.54) is 12.1 Å². The van der Waals surface area contributed by atoms with Crippen molar-refractivity contribution in [2.24, 2.45) is 5.92 Å². The third-order valence-corrected chi connectivity index (χ3v) is 4.41. The first-order valence-electron chi connectivity index (χ1n) is 5.31. The number of ether oxygens (including phenoxy) is 1. The van der Waals surface area contributed by atoms with Gasteiger partial charge in [-0.2, -0.15) is 8.42 Å². The topological polar surface area (TPSA) is 52.6 Å². The highest BCUT2D eigenvalue weighted by Gasteiger charge is 2.21. The van der Waals surface area contributed by atoms with Gasteiger partial charge in [-0.3, -0.25) is 4.18 Å². The molecule has 1 heterocycles. The van der Waals surface area contributed by atoms with Crippen LogP contribution in [0.2, 0.25) is 0 Å². The number of rotatable bonds is 4. The van der Waals surface area contributed by atoms with Crippen molar-refractivity contribution in [3.8, 4) is 0 Å². The summed E-state index contributed by atoms with van der Waals surface area (Å²) in [4.78, 5) is 0.180. The predicted octanol–water partition coefficient (Wildman–Crippen LogP) is 2.19. The molecule has 0 saturated carbocycles. The molecule has 0 unspecified atom stereocenters. The zero-order chi connectivity index (χ0) is 12.3. The van der Waals surface area contributed by atoms with Gasteiger partial charge in [-0.25, -0.2) is 0 Å². The monoisotopic (exact) mass is 320 g/mol. The minimum Gasteiger partial charge on any atom is -0.381 e. The Labute approximate surface area is 109 Å². The SMILES string of the molecule is O=S(=O)(OC[C@@H]1CCOC1)c1ccc(Br)cc1. The highest BCUT2D eigenvalue weighted by Crippen LogP contribution is 2.19. The zero-order valence-corrected chi connectivity index (χ0v) is 11.5. The minimum atomic E-state index is -3.64. The Morgan fingerprint density at radius 3 is 2.65 bits per heavy atom. The minimum absolute atomic E-state index is 0.180. The summed E-state index contributed by atoms with van der Waals surface area (Å²) in [5.41, 5.74) is 0. The smallest absolute Gasteiger partial charge is 0.296 e. The van der Waals surface area contributed by atoms with Gasteiger partial charge in [-0.15, -0.1) is 0 Å². The van der Waals surface area contributed by atoms with Crippen LogP contribution in [-0.4, -0.2) is 28.2 Å². The van der Waals surface area contributed by atoms with E-state index in [9.17, 15) is 8.42 Å². The summed E-state index contributed by atoms with van der Waals surface area (Å²) in [5.74, 6) is 0.181. The van der Waals surface area contributed by atoms with E-state index in [1.807, 2.05) is 0 Å². The average molecular weight is 321 g/mol. The predicted molar refractivity (Wildman–Crippen MR) is 66.2 cm³/mol. The van der Waals surface area contributed by atoms with Gasteiger partial charge in [0.1, 0.15) is 0 Å². The van der Waals surface area contributed by atoms with Gasteiger partial charge in [-0.1, -0.05) is 15.9 Å². The molecule has 1 aromatic carbocycles. The van der Waals surface area contributed by atoms with E-state index >= 15 is 0 Å². The van der Waals surface area contributed by atoms with E-state index in [1.54, 1.807) is 12.1 Å². The lowest BCUT2D eigenvalue weighted by atomic mass is 10.1. The summed E-state index contributed by atoms with van der Waals surface area (Å²) < 4.78 is 34.7. The van der Waals surface area contributed by atoms with Crippen LogP contribution in [0, 0.1) is 5.92 Å². The van der Waals surface area contributed by atoms with Crippen LogP contribution in [0.15, 0.2) is 33.6 Å². The van der Waals surface area contributed by atoms with Crippen LogP contribution >= 0.6 is 15.9 Å². The molecular weight excluding hydrogens is 308 g/mol. The molecule has 94 valence electrons. The molecule has 0 amide bonds.